The Kier molecular flexibility index (Phi) is 7.80. The van der Waals surface area contributed by atoms with E-state index in [4.69, 9.17) is 4.74 Å². The van der Waals surface area contributed by atoms with Crippen LogP contribution < -0.4 is 10.6 Å². The van der Waals surface area contributed by atoms with Crippen molar-refractivity contribution < 1.29 is 4.74 Å². The van der Waals surface area contributed by atoms with E-state index in [9.17, 15) is 0 Å². The molecule has 1 unspecified atom stereocenters. The lowest BCUT2D eigenvalue weighted by Crippen LogP contribution is -2.46. The number of rotatable bonds is 6. The Bertz CT molecular complexity index is 968. The van der Waals surface area contributed by atoms with E-state index >= 15 is 0 Å². The van der Waals surface area contributed by atoms with Crippen LogP contribution in [0.3, 0.4) is 0 Å². The second-order valence-electron chi connectivity index (χ2n) is 6.99. The molecule has 2 aromatic heterocycles. The van der Waals surface area contributed by atoms with E-state index in [-0.39, 0.29) is 30.0 Å². The number of methoxy groups -OCH3 is 1. The molecule has 0 spiro atoms. The van der Waals surface area contributed by atoms with E-state index in [1.807, 2.05) is 52.1 Å². The molecule has 0 aliphatic carbocycles. The third kappa shape index (κ3) is 5.36. The number of nitrogens with zero attached hydrogens (tertiary/aromatic N) is 6. The Labute approximate surface area is 193 Å². The van der Waals surface area contributed by atoms with Crippen molar-refractivity contribution in [1.29, 1.82) is 0 Å². The summed E-state index contributed by atoms with van der Waals surface area (Å²) in [7, 11) is 3.44. The van der Waals surface area contributed by atoms with Crippen molar-refractivity contribution in [3.8, 4) is 5.69 Å². The van der Waals surface area contributed by atoms with Gasteiger partial charge in [0.15, 0.2) is 11.8 Å². The molecule has 0 fully saturated rings. The molecule has 0 bridgehead atoms. The standard InChI is InChI=1S/C20H26N8O.HI/c1-21-20(22-10-15-11-23-27(12-15)17-6-4-3-5-7-17)24-16-8-9-19-25-18(14-29-2)26-28(19)13-16;/h3-7,11-12,16H,8-10,13-14H2,1-2H3,(H2,21,22,24);1H. The van der Waals surface area contributed by atoms with Gasteiger partial charge >= 0.3 is 0 Å². The number of hydrogen-bond acceptors (Lipinski definition) is 5. The van der Waals surface area contributed by atoms with Crippen LogP contribution in [0.4, 0.5) is 0 Å². The van der Waals surface area contributed by atoms with Gasteiger partial charge in [0.1, 0.15) is 12.4 Å². The summed E-state index contributed by atoms with van der Waals surface area (Å²) >= 11 is 0. The summed E-state index contributed by atoms with van der Waals surface area (Å²) in [6.07, 6.45) is 5.76. The first-order valence-electron chi connectivity index (χ1n) is 9.73. The smallest absolute Gasteiger partial charge is 0.191 e. The van der Waals surface area contributed by atoms with Gasteiger partial charge in [-0.05, 0) is 18.6 Å². The minimum Gasteiger partial charge on any atom is -0.377 e. The lowest BCUT2D eigenvalue weighted by Gasteiger charge is -2.25. The van der Waals surface area contributed by atoms with Crippen LogP contribution in [0.2, 0.25) is 0 Å². The number of halogens is 1. The zero-order valence-corrected chi connectivity index (χ0v) is 19.5. The second-order valence-corrected chi connectivity index (χ2v) is 6.99. The molecule has 10 heteroatoms. The third-order valence-electron chi connectivity index (χ3n) is 4.86. The maximum atomic E-state index is 5.13. The molecule has 3 heterocycles. The first-order chi connectivity index (χ1) is 14.2. The molecule has 4 rings (SSSR count). The van der Waals surface area contributed by atoms with Crippen molar-refractivity contribution in [2.45, 2.75) is 38.6 Å². The zero-order valence-electron chi connectivity index (χ0n) is 17.2. The Morgan fingerprint density at radius 3 is 2.90 bits per heavy atom. The maximum absolute atomic E-state index is 5.13. The lowest BCUT2D eigenvalue weighted by atomic mass is 10.1. The van der Waals surface area contributed by atoms with Crippen LogP contribution in [0.15, 0.2) is 47.7 Å². The van der Waals surface area contributed by atoms with Gasteiger partial charge in [-0.1, -0.05) is 18.2 Å². The minimum atomic E-state index is 0. The molecule has 1 aliphatic heterocycles. The summed E-state index contributed by atoms with van der Waals surface area (Å²) in [5.74, 6) is 2.52. The fourth-order valence-corrected chi connectivity index (χ4v) is 3.42. The van der Waals surface area contributed by atoms with Crippen LogP contribution in [0.5, 0.6) is 0 Å². The number of nitrogens with one attached hydrogen (secondary N) is 2. The van der Waals surface area contributed by atoms with Crippen molar-refractivity contribution in [3.05, 3.63) is 59.9 Å². The molecule has 30 heavy (non-hydrogen) atoms. The molecule has 1 aromatic carbocycles. The SMILES string of the molecule is CN=C(NCc1cnn(-c2ccccc2)c1)NC1CCc2nc(COC)nn2C1.I. The molecule has 3 aromatic rings. The van der Waals surface area contributed by atoms with Gasteiger partial charge in [0.2, 0.25) is 0 Å². The van der Waals surface area contributed by atoms with E-state index in [1.54, 1.807) is 14.2 Å². The van der Waals surface area contributed by atoms with Crippen LogP contribution in [0, 0.1) is 0 Å². The van der Waals surface area contributed by atoms with E-state index in [0.717, 1.165) is 48.2 Å². The van der Waals surface area contributed by atoms with Gasteiger partial charge in [0, 0.05) is 44.9 Å². The molecule has 160 valence electrons. The predicted octanol–water partition coefficient (Wildman–Crippen LogP) is 1.91. The fraction of sp³-hybridized carbons (Fsp3) is 0.400. The first-order valence-corrected chi connectivity index (χ1v) is 9.73. The number of aliphatic imine (C=N–C) groups is 1. The molecular weight excluding hydrogens is 495 g/mol. The summed E-state index contributed by atoms with van der Waals surface area (Å²) in [4.78, 5) is 8.88. The molecule has 0 amide bonds. The fourth-order valence-electron chi connectivity index (χ4n) is 3.42. The molecule has 0 saturated heterocycles. The Morgan fingerprint density at radius 1 is 1.30 bits per heavy atom. The van der Waals surface area contributed by atoms with Gasteiger partial charge < -0.3 is 15.4 Å². The lowest BCUT2D eigenvalue weighted by molar-refractivity contribution is 0.177. The second kappa shape index (κ2) is 10.5. The normalized spacial score (nSPS) is 15.9. The van der Waals surface area contributed by atoms with Crippen molar-refractivity contribution in [1.82, 2.24) is 35.2 Å². The Balaban J connectivity index is 0.00000256. The number of aromatic nitrogens is 5. The Hall–Kier alpha value is -2.47. The number of hydrogen-bond donors (Lipinski definition) is 2. The van der Waals surface area contributed by atoms with E-state index in [1.165, 1.54) is 0 Å². The largest absolute Gasteiger partial charge is 0.377 e. The molecule has 2 N–H and O–H groups in total. The third-order valence-corrected chi connectivity index (χ3v) is 4.86. The van der Waals surface area contributed by atoms with Crippen molar-refractivity contribution in [2.75, 3.05) is 14.2 Å². The van der Waals surface area contributed by atoms with Gasteiger partial charge in [0.25, 0.3) is 0 Å². The number of aryl methyl sites for hydroxylation is 1. The summed E-state index contributed by atoms with van der Waals surface area (Å²) < 4.78 is 8.97. The number of fused-ring (bicyclic) bond motifs is 1. The van der Waals surface area contributed by atoms with Crippen LogP contribution >= 0.6 is 24.0 Å². The summed E-state index contributed by atoms with van der Waals surface area (Å²) in [6.45, 7) is 1.85. The Morgan fingerprint density at radius 2 is 2.13 bits per heavy atom. The minimum absolute atomic E-state index is 0. The monoisotopic (exact) mass is 522 g/mol. The highest BCUT2D eigenvalue weighted by Gasteiger charge is 2.22. The molecule has 0 saturated carbocycles. The van der Waals surface area contributed by atoms with Gasteiger partial charge in [-0.15, -0.1) is 24.0 Å². The molecule has 1 atom stereocenters. The van der Waals surface area contributed by atoms with Gasteiger partial charge in [0.05, 0.1) is 18.4 Å². The average molecular weight is 522 g/mol. The van der Waals surface area contributed by atoms with Crippen LogP contribution in [-0.4, -0.2) is 50.7 Å². The average Bonchev–Trinajstić information content (AvgIpc) is 3.38. The van der Waals surface area contributed by atoms with Gasteiger partial charge in [-0.25, -0.2) is 14.3 Å². The molecule has 9 nitrogen and oxygen atoms in total. The highest BCUT2D eigenvalue weighted by molar-refractivity contribution is 14.0. The van der Waals surface area contributed by atoms with Gasteiger partial charge in [-0.2, -0.15) is 10.2 Å². The topological polar surface area (TPSA) is 94.2 Å². The summed E-state index contributed by atoms with van der Waals surface area (Å²) in [5, 5.41) is 15.8. The van der Waals surface area contributed by atoms with Crippen LogP contribution in [0.25, 0.3) is 5.69 Å². The van der Waals surface area contributed by atoms with E-state index in [0.29, 0.717) is 13.2 Å². The number of para-hydroxylation sites is 1. The van der Waals surface area contributed by atoms with E-state index < -0.39 is 0 Å². The van der Waals surface area contributed by atoms with Crippen molar-refractivity contribution >= 4 is 29.9 Å². The predicted molar refractivity (Wildman–Crippen MR) is 125 cm³/mol. The quantitative estimate of drug-likeness (QED) is 0.292. The summed E-state index contributed by atoms with van der Waals surface area (Å²) in [6, 6.07) is 10.3. The van der Waals surface area contributed by atoms with Crippen LogP contribution in [0.1, 0.15) is 23.6 Å². The summed E-state index contributed by atoms with van der Waals surface area (Å²) in [5.41, 5.74) is 2.13. The molecule has 1 aliphatic rings. The molecule has 0 radical (unpaired) electrons. The van der Waals surface area contributed by atoms with Crippen molar-refractivity contribution in [2.24, 2.45) is 4.99 Å². The number of ether oxygens (including phenoxy) is 1. The number of benzene rings is 1. The van der Waals surface area contributed by atoms with E-state index in [2.05, 4.69) is 30.8 Å². The van der Waals surface area contributed by atoms with Crippen LogP contribution in [-0.2, 0) is 30.9 Å². The highest BCUT2D eigenvalue weighted by Crippen LogP contribution is 2.13. The zero-order chi connectivity index (χ0) is 20.1. The molecular formula is C20H27IN8O. The maximum Gasteiger partial charge on any atom is 0.191 e. The van der Waals surface area contributed by atoms with Gasteiger partial charge in [-0.3, -0.25) is 4.99 Å². The first kappa shape index (κ1) is 22.2. The van der Waals surface area contributed by atoms with Crippen molar-refractivity contribution in [3.63, 3.8) is 0 Å². The number of guanidine groups is 1. The highest BCUT2D eigenvalue weighted by atomic mass is 127.